The monoisotopic (exact) mass is 449 g/mol. The number of hydrogen-bond donors (Lipinski definition) is 1. The number of likely N-dealkylation sites (tertiary alicyclic amines) is 1. The molecule has 8 heteroatoms. The second-order valence-electron chi connectivity index (χ2n) is 8.16. The fraction of sp³-hybridized carbons (Fsp3) is 0.292. The molecule has 1 atom stereocenters. The Morgan fingerprint density at radius 2 is 2.19 bits per heavy atom. The number of hydrogen-bond acceptors (Lipinski definition) is 4. The van der Waals surface area contributed by atoms with E-state index >= 15 is 0 Å². The summed E-state index contributed by atoms with van der Waals surface area (Å²) in [6.45, 7) is 3.88. The van der Waals surface area contributed by atoms with E-state index in [1.54, 1.807) is 6.07 Å². The Kier molecular flexibility index (Phi) is 5.57. The van der Waals surface area contributed by atoms with Gasteiger partial charge in [-0.3, -0.25) is 9.89 Å². The highest BCUT2D eigenvalue weighted by Gasteiger charge is 2.30. The van der Waals surface area contributed by atoms with Gasteiger partial charge in [-0.2, -0.15) is 5.10 Å². The lowest BCUT2D eigenvalue weighted by Crippen LogP contribution is -2.28. The Labute approximate surface area is 191 Å². The minimum atomic E-state index is -0.0266. The van der Waals surface area contributed by atoms with E-state index in [2.05, 4.69) is 21.2 Å². The molecule has 1 N–H and O–H groups in total. The second-order valence-corrected chi connectivity index (χ2v) is 8.60. The molecule has 0 unspecified atom stereocenters. The van der Waals surface area contributed by atoms with E-state index in [4.69, 9.17) is 16.3 Å². The molecule has 0 spiro atoms. The number of carbonyl (C=O) groups excluding carboxylic acids is 1. The van der Waals surface area contributed by atoms with E-state index in [1.165, 1.54) is 0 Å². The zero-order valence-corrected chi connectivity index (χ0v) is 18.5. The number of carbonyl (C=O) groups is 1. The van der Waals surface area contributed by atoms with Crippen LogP contribution in [0, 0.1) is 6.92 Å². The number of fused-ring (bicyclic) bond motifs is 1. The summed E-state index contributed by atoms with van der Waals surface area (Å²) in [6, 6.07) is 13.4. The molecule has 3 aromatic heterocycles. The molecule has 0 bridgehead atoms. The maximum Gasteiger partial charge on any atom is 0.274 e. The third kappa shape index (κ3) is 4.21. The predicted molar refractivity (Wildman–Crippen MR) is 122 cm³/mol. The Hall–Kier alpha value is -3.32. The molecule has 0 radical (unpaired) electrons. The zero-order chi connectivity index (χ0) is 22.1. The van der Waals surface area contributed by atoms with E-state index in [9.17, 15) is 4.79 Å². The topological polar surface area (TPSA) is 75.5 Å². The van der Waals surface area contributed by atoms with Crippen molar-refractivity contribution in [3.63, 3.8) is 0 Å². The van der Waals surface area contributed by atoms with E-state index in [0.717, 1.165) is 41.2 Å². The standard InChI is InChI=1S/C24H24ClN5O2/c1-16-4-3-9-29-15-22(26-23(16)29)24(31)30-10-7-17(14-30)21-13-19(27-28-21)8-11-32-20-6-2-5-18(25)12-20/h2-6,9,12-13,15,17H,7-8,10-11,14H2,1H3,(H,27,28)/t17-/m0/s1. The average molecular weight is 450 g/mol. The number of ether oxygens (including phenoxy) is 1. The Morgan fingerprint density at radius 3 is 3.03 bits per heavy atom. The van der Waals surface area contributed by atoms with Crippen LogP contribution in [0.15, 0.2) is 54.9 Å². The zero-order valence-electron chi connectivity index (χ0n) is 17.8. The lowest BCUT2D eigenvalue weighted by molar-refractivity contribution is 0.0785. The number of aromatic amines is 1. The predicted octanol–water partition coefficient (Wildman–Crippen LogP) is 4.27. The number of aromatic nitrogens is 4. The average Bonchev–Trinajstić information content (AvgIpc) is 3.53. The summed E-state index contributed by atoms with van der Waals surface area (Å²) >= 11 is 5.99. The quantitative estimate of drug-likeness (QED) is 0.477. The normalized spacial score (nSPS) is 16.1. The SMILES string of the molecule is Cc1cccn2cc(C(=O)N3CC[C@H](c4cc(CCOc5cccc(Cl)c5)[nH]n4)C3)nc12. The van der Waals surface area contributed by atoms with Gasteiger partial charge in [0.15, 0.2) is 0 Å². The smallest absolute Gasteiger partial charge is 0.274 e. The van der Waals surface area contributed by atoms with Crippen molar-refractivity contribution in [2.75, 3.05) is 19.7 Å². The minimum Gasteiger partial charge on any atom is -0.493 e. The van der Waals surface area contributed by atoms with Crippen molar-refractivity contribution in [3.05, 3.63) is 82.5 Å². The van der Waals surface area contributed by atoms with Gasteiger partial charge in [0.25, 0.3) is 5.91 Å². The molecular formula is C24H24ClN5O2. The van der Waals surface area contributed by atoms with Crippen LogP contribution in [-0.4, -0.2) is 50.1 Å². The number of amides is 1. The summed E-state index contributed by atoms with van der Waals surface area (Å²) in [5.41, 5.74) is 4.37. The summed E-state index contributed by atoms with van der Waals surface area (Å²) in [7, 11) is 0. The van der Waals surface area contributed by atoms with Gasteiger partial charge in [-0.15, -0.1) is 0 Å². The number of imidazole rings is 1. The number of halogens is 1. The van der Waals surface area contributed by atoms with Crippen LogP contribution in [-0.2, 0) is 6.42 Å². The molecule has 32 heavy (non-hydrogen) atoms. The minimum absolute atomic E-state index is 0.0266. The molecule has 1 aromatic carbocycles. The fourth-order valence-electron chi connectivity index (χ4n) is 4.16. The molecule has 1 aliphatic rings. The first-order valence-electron chi connectivity index (χ1n) is 10.7. The number of nitrogens with one attached hydrogen (secondary N) is 1. The number of H-pyrrole nitrogens is 1. The lowest BCUT2D eigenvalue weighted by Gasteiger charge is -2.14. The van der Waals surface area contributed by atoms with Gasteiger partial charge in [0.05, 0.1) is 12.3 Å². The van der Waals surface area contributed by atoms with E-state index in [0.29, 0.717) is 30.4 Å². The van der Waals surface area contributed by atoms with Crippen LogP contribution in [0.5, 0.6) is 5.75 Å². The van der Waals surface area contributed by atoms with Crippen molar-refractivity contribution in [1.82, 2.24) is 24.5 Å². The van der Waals surface area contributed by atoms with Crippen molar-refractivity contribution in [3.8, 4) is 5.75 Å². The summed E-state index contributed by atoms with van der Waals surface area (Å²) in [5, 5.41) is 8.25. The molecule has 1 fully saturated rings. The van der Waals surface area contributed by atoms with Crippen LogP contribution < -0.4 is 4.74 Å². The Bertz CT molecular complexity index is 1260. The molecule has 1 saturated heterocycles. The number of pyridine rings is 1. The number of rotatable bonds is 6. The number of nitrogens with zero attached hydrogens (tertiary/aromatic N) is 4. The van der Waals surface area contributed by atoms with E-state index in [1.807, 2.05) is 58.9 Å². The number of aryl methyl sites for hydroxylation is 1. The maximum absolute atomic E-state index is 13.0. The largest absolute Gasteiger partial charge is 0.493 e. The summed E-state index contributed by atoms with van der Waals surface area (Å²) in [4.78, 5) is 19.4. The summed E-state index contributed by atoms with van der Waals surface area (Å²) < 4.78 is 7.67. The van der Waals surface area contributed by atoms with Gasteiger partial charge in [0, 0.05) is 48.5 Å². The fourth-order valence-corrected chi connectivity index (χ4v) is 4.34. The first-order chi connectivity index (χ1) is 15.6. The highest BCUT2D eigenvalue weighted by atomic mass is 35.5. The van der Waals surface area contributed by atoms with Gasteiger partial charge < -0.3 is 14.0 Å². The summed E-state index contributed by atoms with van der Waals surface area (Å²) in [6.07, 6.45) is 5.34. The highest BCUT2D eigenvalue weighted by Crippen LogP contribution is 2.27. The van der Waals surface area contributed by atoms with Crippen molar-refractivity contribution in [2.24, 2.45) is 0 Å². The Balaban J connectivity index is 1.18. The van der Waals surface area contributed by atoms with Crippen LogP contribution in [0.2, 0.25) is 5.02 Å². The highest BCUT2D eigenvalue weighted by molar-refractivity contribution is 6.30. The third-order valence-corrected chi connectivity index (χ3v) is 6.11. The first kappa shape index (κ1) is 20.6. The first-order valence-corrected chi connectivity index (χ1v) is 11.1. The van der Waals surface area contributed by atoms with Crippen molar-refractivity contribution in [2.45, 2.75) is 25.7 Å². The van der Waals surface area contributed by atoms with Crippen LogP contribution in [0.25, 0.3) is 5.65 Å². The molecule has 1 aliphatic heterocycles. The van der Waals surface area contributed by atoms with Gasteiger partial charge in [-0.05, 0) is 49.2 Å². The van der Waals surface area contributed by atoms with Crippen molar-refractivity contribution >= 4 is 23.2 Å². The van der Waals surface area contributed by atoms with E-state index in [-0.39, 0.29) is 11.8 Å². The van der Waals surface area contributed by atoms with Gasteiger partial charge in [-0.25, -0.2) is 4.98 Å². The molecule has 164 valence electrons. The second kappa shape index (κ2) is 8.67. The molecule has 4 heterocycles. The van der Waals surface area contributed by atoms with E-state index < -0.39 is 0 Å². The van der Waals surface area contributed by atoms with Gasteiger partial charge in [0.2, 0.25) is 0 Å². The van der Waals surface area contributed by atoms with Gasteiger partial charge >= 0.3 is 0 Å². The third-order valence-electron chi connectivity index (χ3n) is 5.88. The maximum atomic E-state index is 13.0. The van der Waals surface area contributed by atoms with Crippen LogP contribution >= 0.6 is 11.6 Å². The molecule has 7 nitrogen and oxygen atoms in total. The molecule has 4 aromatic rings. The molecule has 1 amide bonds. The lowest BCUT2D eigenvalue weighted by atomic mass is 10.0. The molecule has 0 saturated carbocycles. The number of benzene rings is 1. The van der Waals surface area contributed by atoms with Crippen molar-refractivity contribution < 1.29 is 9.53 Å². The van der Waals surface area contributed by atoms with Crippen LogP contribution in [0.1, 0.15) is 39.8 Å². The van der Waals surface area contributed by atoms with Gasteiger partial charge in [0.1, 0.15) is 17.1 Å². The molecular weight excluding hydrogens is 426 g/mol. The molecule has 5 rings (SSSR count). The van der Waals surface area contributed by atoms with Crippen molar-refractivity contribution in [1.29, 1.82) is 0 Å². The van der Waals surface area contributed by atoms with Crippen LogP contribution in [0.3, 0.4) is 0 Å². The molecule has 0 aliphatic carbocycles. The van der Waals surface area contributed by atoms with Gasteiger partial charge in [-0.1, -0.05) is 23.7 Å². The Morgan fingerprint density at radius 1 is 1.28 bits per heavy atom. The summed E-state index contributed by atoms with van der Waals surface area (Å²) in [5.74, 6) is 0.946. The van der Waals surface area contributed by atoms with Crippen LogP contribution in [0.4, 0.5) is 0 Å².